The van der Waals surface area contributed by atoms with Crippen molar-refractivity contribution in [2.45, 2.75) is 51.4 Å². The van der Waals surface area contributed by atoms with Gasteiger partial charge in [-0.3, -0.25) is 4.90 Å². The highest BCUT2D eigenvalue weighted by atomic mass is 16.5. The zero-order chi connectivity index (χ0) is 18.4. The van der Waals surface area contributed by atoms with Gasteiger partial charge in [-0.25, -0.2) is 0 Å². The number of hydrogen-bond donors (Lipinski definition) is 1. The van der Waals surface area contributed by atoms with Crippen molar-refractivity contribution < 1.29 is 9.84 Å². The van der Waals surface area contributed by atoms with Crippen LogP contribution < -0.4 is 0 Å². The van der Waals surface area contributed by atoms with Crippen LogP contribution in [0.1, 0.15) is 49.0 Å². The summed E-state index contributed by atoms with van der Waals surface area (Å²) in [7, 11) is 0. The Hall–Kier alpha value is -1.68. The Morgan fingerprint density at radius 3 is 2.42 bits per heavy atom. The summed E-state index contributed by atoms with van der Waals surface area (Å²) in [6, 6.07) is 19.3. The van der Waals surface area contributed by atoms with Crippen LogP contribution in [0.3, 0.4) is 0 Å². The third-order valence-corrected chi connectivity index (χ3v) is 5.32. The van der Waals surface area contributed by atoms with Gasteiger partial charge in [0.05, 0.1) is 12.7 Å². The minimum absolute atomic E-state index is 0.148. The number of aryl methyl sites for hydroxylation is 1. The van der Waals surface area contributed by atoms with Crippen molar-refractivity contribution in [3.63, 3.8) is 0 Å². The van der Waals surface area contributed by atoms with Crippen LogP contribution in [0.2, 0.25) is 0 Å². The highest BCUT2D eigenvalue weighted by molar-refractivity contribution is 5.31. The van der Waals surface area contributed by atoms with Gasteiger partial charge >= 0.3 is 0 Å². The van der Waals surface area contributed by atoms with Gasteiger partial charge in [-0.15, -0.1) is 0 Å². The molecule has 1 saturated heterocycles. The van der Waals surface area contributed by atoms with Crippen molar-refractivity contribution >= 4 is 0 Å². The largest absolute Gasteiger partial charge is 0.389 e. The van der Waals surface area contributed by atoms with Crippen molar-refractivity contribution in [2.24, 2.45) is 0 Å². The zero-order valence-electron chi connectivity index (χ0n) is 16.0. The van der Waals surface area contributed by atoms with Crippen molar-refractivity contribution in [1.82, 2.24) is 4.90 Å². The summed E-state index contributed by atoms with van der Waals surface area (Å²) in [5.74, 6) is 0. The first-order valence-corrected chi connectivity index (χ1v) is 9.78. The van der Waals surface area contributed by atoms with E-state index < -0.39 is 6.10 Å². The lowest BCUT2D eigenvalue weighted by Crippen LogP contribution is -2.43. The first kappa shape index (κ1) is 19.1. The number of rotatable bonds is 7. The number of aliphatic hydroxyl groups is 1. The lowest BCUT2D eigenvalue weighted by Gasteiger charge is -2.34. The highest BCUT2D eigenvalue weighted by Gasteiger charge is 2.22. The van der Waals surface area contributed by atoms with Crippen molar-refractivity contribution in [2.75, 3.05) is 19.7 Å². The Bertz CT molecular complexity index is 656. The molecule has 0 radical (unpaired) electrons. The molecule has 1 heterocycles. The number of piperidine rings is 1. The summed E-state index contributed by atoms with van der Waals surface area (Å²) < 4.78 is 6.22. The number of hydrogen-bond acceptors (Lipinski definition) is 3. The summed E-state index contributed by atoms with van der Waals surface area (Å²) in [4.78, 5) is 2.39. The number of benzene rings is 2. The van der Waals surface area contributed by atoms with E-state index in [0.29, 0.717) is 19.2 Å². The van der Waals surface area contributed by atoms with Crippen LogP contribution in [0.4, 0.5) is 0 Å². The number of ether oxygens (including phenoxy) is 1. The molecule has 0 spiro atoms. The average Bonchev–Trinajstić information content (AvgIpc) is 2.66. The standard InChI is InChI=1S/C23H31NO2/c1-18-11-13-21(14-12-18)23(20-9-4-3-5-10-20)26-17-22(25)16-24-15-7-6-8-19(24)2/h3-5,9-14,19,22-23,25H,6-8,15-17H2,1-2H3/t19-,22+,23-/m0/s1. The molecule has 1 fully saturated rings. The first-order chi connectivity index (χ1) is 12.6. The molecule has 140 valence electrons. The molecular weight excluding hydrogens is 322 g/mol. The van der Waals surface area contributed by atoms with E-state index in [0.717, 1.165) is 17.7 Å². The normalized spacial score (nSPS) is 20.7. The van der Waals surface area contributed by atoms with Gasteiger partial charge in [-0.2, -0.15) is 0 Å². The van der Waals surface area contributed by atoms with Crippen LogP contribution >= 0.6 is 0 Å². The fourth-order valence-electron chi connectivity index (χ4n) is 3.71. The molecule has 0 unspecified atom stereocenters. The van der Waals surface area contributed by atoms with Gasteiger partial charge in [0.1, 0.15) is 6.10 Å². The maximum absolute atomic E-state index is 10.5. The molecule has 0 bridgehead atoms. The molecule has 2 aromatic carbocycles. The fraction of sp³-hybridized carbons (Fsp3) is 0.478. The van der Waals surface area contributed by atoms with Crippen molar-refractivity contribution in [3.05, 3.63) is 71.3 Å². The maximum Gasteiger partial charge on any atom is 0.108 e. The second kappa shape index (κ2) is 9.31. The van der Waals surface area contributed by atoms with Crippen LogP contribution in [0, 0.1) is 6.92 Å². The van der Waals surface area contributed by atoms with Gasteiger partial charge in [-0.05, 0) is 44.4 Å². The minimum Gasteiger partial charge on any atom is -0.389 e. The SMILES string of the molecule is Cc1ccc([C@@H](OC[C@H](O)CN2CCCC[C@@H]2C)c2ccccc2)cc1. The van der Waals surface area contributed by atoms with Crippen molar-refractivity contribution in [3.8, 4) is 0 Å². The number of likely N-dealkylation sites (tertiary alicyclic amines) is 1. The summed E-state index contributed by atoms with van der Waals surface area (Å²) in [5, 5.41) is 10.5. The van der Waals surface area contributed by atoms with Gasteiger partial charge in [0.15, 0.2) is 0 Å². The van der Waals surface area contributed by atoms with Crippen LogP contribution in [0.5, 0.6) is 0 Å². The van der Waals surface area contributed by atoms with E-state index in [1.165, 1.54) is 24.8 Å². The summed E-state index contributed by atoms with van der Waals surface area (Å²) in [6.45, 7) is 6.46. The summed E-state index contributed by atoms with van der Waals surface area (Å²) >= 11 is 0. The third-order valence-electron chi connectivity index (χ3n) is 5.32. The van der Waals surface area contributed by atoms with Gasteiger partial charge in [-0.1, -0.05) is 66.6 Å². The average molecular weight is 354 g/mol. The van der Waals surface area contributed by atoms with Gasteiger partial charge in [0.25, 0.3) is 0 Å². The quantitative estimate of drug-likeness (QED) is 0.804. The molecular formula is C23H31NO2. The van der Waals surface area contributed by atoms with E-state index in [4.69, 9.17) is 4.74 Å². The molecule has 0 aliphatic carbocycles. The highest BCUT2D eigenvalue weighted by Crippen LogP contribution is 2.26. The number of β-amino-alcohol motifs (C(OH)–C–C–N with tert-alkyl or cyclic N) is 1. The number of aliphatic hydroxyl groups excluding tert-OH is 1. The second-order valence-corrected chi connectivity index (χ2v) is 7.53. The van der Waals surface area contributed by atoms with Gasteiger partial charge in [0.2, 0.25) is 0 Å². The Kier molecular flexibility index (Phi) is 6.84. The third kappa shape index (κ3) is 5.16. The molecule has 1 N–H and O–H groups in total. The molecule has 3 nitrogen and oxygen atoms in total. The molecule has 0 aromatic heterocycles. The van der Waals surface area contributed by atoms with E-state index in [1.807, 2.05) is 18.2 Å². The summed E-state index contributed by atoms with van der Waals surface area (Å²) in [5.41, 5.74) is 3.48. The van der Waals surface area contributed by atoms with E-state index in [1.54, 1.807) is 0 Å². The molecule has 1 aliphatic rings. The molecule has 3 atom stereocenters. The lowest BCUT2D eigenvalue weighted by atomic mass is 10.0. The molecule has 3 rings (SSSR count). The van der Waals surface area contributed by atoms with Gasteiger partial charge < -0.3 is 9.84 Å². The van der Waals surface area contributed by atoms with Crippen LogP contribution in [-0.4, -0.2) is 41.8 Å². The first-order valence-electron chi connectivity index (χ1n) is 9.78. The van der Waals surface area contributed by atoms with Crippen LogP contribution in [-0.2, 0) is 4.74 Å². The lowest BCUT2D eigenvalue weighted by molar-refractivity contribution is -0.0169. The Morgan fingerprint density at radius 2 is 1.73 bits per heavy atom. The fourth-order valence-corrected chi connectivity index (χ4v) is 3.71. The predicted molar refractivity (Wildman–Crippen MR) is 106 cm³/mol. The monoisotopic (exact) mass is 353 g/mol. The molecule has 0 saturated carbocycles. The van der Waals surface area contributed by atoms with Gasteiger partial charge in [0, 0.05) is 12.6 Å². The molecule has 2 aromatic rings. The summed E-state index contributed by atoms with van der Waals surface area (Å²) in [6.07, 6.45) is 3.14. The predicted octanol–water partition coefficient (Wildman–Crippen LogP) is 4.34. The van der Waals surface area contributed by atoms with E-state index in [9.17, 15) is 5.11 Å². The zero-order valence-corrected chi connectivity index (χ0v) is 16.0. The Morgan fingerprint density at radius 1 is 1.04 bits per heavy atom. The van der Waals surface area contributed by atoms with E-state index >= 15 is 0 Å². The smallest absolute Gasteiger partial charge is 0.108 e. The Balaban J connectivity index is 1.65. The van der Waals surface area contributed by atoms with Crippen LogP contribution in [0.25, 0.3) is 0 Å². The Labute approximate surface area is 157 Å². The molecule has 0 amide bonds. The topological polar surface area (TPSA) is 32.7 Å². The minimum atomic E-state index is -0.466. The number of nitrogens with zero attached hydrogens (tertiary/aromatic N) is 1. The van der Waals surface area contributed by atoms with Crippen LogP contribution in [0.15, 0.2) is 54.6 Å². The molecule has 3 heteroatoms. The maximum atomic E-state index is 10.5. The van der Waals surface area contributed by atoms with E-state index in [-0.39, 0.29) is 6.10 Å². The second-order valence-electron chi connectivity index (χ2n) is 7.53. The molecule has 26 heavy (non-hydrogen) atoms. The molecule has 1 aliphatic heterocycles. The van der Waals surface area contributed by atoms with Crippen molar-refractivity contribution in [1.29, 1.82) is 0 Å². The van der Waals surface area contributed by atoms with E-state index in [2.05, 4.69) is 55.1 Å².